The molecular formula is C22H28N2O4. The number of unbranched alkanes of at least 4 members (excludes halogenated alkanes) is 1. The van der Waals surface area contributed by atoms with Crippen molar-refractivity contribution in [2.45, 2.75) is 38.8 Å². The van der Waals surface area contributed by atoms with Crippen LogP contribution in [0, 0.1) is 0 Å². The number of amides is 1. The first-order valence-corrected chi connectivity index (χ1v) is 9.43. The number of hydrogen-bond donors (Lipinski definition) is 2. The summed E-state index contributed by atoms with van der Waals surface area (Å²) in [5.74, 6) is -1.07. The van der Waals surface area contributed by atoms with E-state index in [1.165, 1.54) is 7.11 Å². The molecule has 6 heteroatoms. The van der Waals surface area contributed by atoms with Crippen LogP contribution in [-0.2, 0) is 14.3 Å². The summed E-state index contributed by atoms with van der Waals surface area (Å²) in [4.78, 5) is 24.9. The zero-order chi connectivity index (χ0) is 20.5. The van der Waals surface area contributed by atoms with Gasteiger partial charge in [0.05, 0.1) is 0 Å². The topological polar surface area (TPSA) is 78.9 Å². The molecule has 1 saturated carbocycles. The molecule has 1 atom stereocenters. The van der Waals surface area contributed by atoms with Crippen LogP contribution in [0.25, 0.3) is 6.08 Å². The van der Waals surface area contributed by atoms with Crippen LogP contribution in [0.5, 0.6) is 0 Å². The SMILES string of the molecule is C=C(C(N/C(=C\c1ccccc1)C(=O)O)=C1CC1)C(OC)N(C=O)CCCC. The van der Waals surface area contributed by atoms with Crippen molar-refractivity contribution < 1.29 is 19.4 Å². The molecule has 150 valence electrons. The monoisotopic (exact) mass is 384 g/mol. The highest BCUT2D eigenvalue weighted by Gasteiger charge is 2.28. The number of aliphatic carboxylic acids is 1. The van der Waals surface area contributed by atoms with Crippen molar-refractivity contribution in [1.82, 2.24) is 10.2 Å². The predicted molar refractivity (Wildman–Crippen MR) is 109 cm³/mol. The fourth-order valence-corrected chi connectivity index (χ4v) is 2.88. The van der Waals surface area contributed by atoms with E-state index in [1.54, 1.807) is 11.0 Å². The number of carbonyl (C=O) groups excluding carboxylic acids is 1. The van der Waals surface area contributed by atoms with Crippen molar-refractivity contribution in [3.63, 3.8) is 0 Å². The van der Waals surface area contributed by atoms with Crippen molar-refractivity contribution in [3.05, 3.63) is 65.0 Å². The van der Waals surface area contributed by atoms with E-state index in [0.29, 0.717) is 17.8 Å². The molecule has 2 N–H and O–H groups in total. The third kappa shape index (κ3) is 5.82. The van der Waals surface area contributed by atoms with Crippen LogP contribution in [0.1, 0.15) is 38.2 Å². The Morgan fingerprint density at radius 3 is 2.54 bits per heavy atom. The minimum atomic E-state index is -1.07. The number of allylic oxidation sites excluding steroid dienone is 1. The lowest BCUT2D eigenvalue weighted by atomic mass is 10.1. The highest BCUT2D eigenvalue weighted by Crippen LogP contribution is 2.35. The van der Waals surface area contributed by atoms with Gasteiger partial charge in [-0.25, -0.2) is 4.79 Å². The maximum Gasteiger partial charge on any atom is 0.352 e. The number of carboxylic acid groups (broad SMARTS) is 1. The zero-order valence-electron chi connectivity index (χ0n) is 16.5. The molecule has 0 heterocycles. The van der Waals surface area contributed by atoms with E-state index in [9.17, 15) is 14.7 Å². The van der Waals surface area contributed by atoms with Crippen LogP contribution < -0.4 is 5.32 Å². The molecule has 1 aromatic rings. The van der Waals surface area contributed by atoms with Gasteiger partial charge >= 0.3 is 5.97 Å². The standard InChI is InChI=1S/C22H28N2O4/c1-4-5-13-24(15-25)21(28-3)16(2)20(18-11-12-18)23-19(22(26)27)14-17-9-7-6-8-10-17/h6-10,14-15,21,23H,2,4-5,11-13H2,1,3H3,(H,26,27)/b19-14-. The normalized spacial score (nSPS) is 14.2. The molecule has 0 radical (unpaired) electrons. The second kappa shape index (κ2) is 10.5. The van der Waals surface area contributed by atoms with E-state index >= 15 is 0 Å². The van der Waals surface area contributed by atoms with Gasteiger partial charge in [-0.05, 0) is 36.5 Å². The fraction of sp³-hybridized carbons (Fsp3) is 0.364. The number of carboxylic acids is 1. The van der Waals surface area contributed by atoms with Crippen LogP contribution in [0.2, 0.25) is 0 Å². The largest absolute Gasteiger partial charge is 0.477 e. The molecular weight excluding hydrogens is 356 g/mol. The first kappa shape index (κ1) is 21.4. The average Bonchev–Trinajstić information content (AvgIpc) is 3.53. The van der Waals surface area contributed by atoms with Crippen LogP contribution in [0.3, 0.4) is 0 Å². The molecule has 1 unspecified atom stereocenters. The van der Waals surface area contributed by atoms with E-state index in [-0.39, 0.29) is 5.70 Å². The number of hydrogen-bond acceptors (Lipinski definition) is 4. The number of nitrogens with one attached hydrogen (secondary N) is 1. The molecule has 1 fully saturated rings. The lowest BCUT2D eigenvalue weighted by Crippen LogP contribution is -2.39. The third-order valence-corrected chi connectivity index (χ3v) is 4.50. The molecule has 1 aliphatic carbocycles. The Balaban J connectivity index is 2.28. The van der Waals surface area contributed by atoms with Crippen molar-refractivity contribution >= 4 is 18.5 Å². The minimum Gasteiger partial charge on any atom is -0.477 e. The number of methoxy groups -OCH3 is 1. The predicted octanol–water partition coefficient (Wildman–Crippen LogP) is 3.54. The van der Waals surface area contributed by atoms with Gasteiger partial charge in [0.2, 0.25) is 6.41 Å². The van der Waals surface area contributed by atoms with E-state index in [0.717, 1.165) is 43.2 Å². The Labute approximate surface area is 166 Å². The Bertz CT molecular complexity index is 762. The molecule has 0 spiro atoms. The van der Waals surface area contributed by atoms with Crippen LogP contribution in [0.15, 0.2) is 59.5 Å². The summed E-state index contributed by atoms with van der Waals surface area (Å²) < 4.78 is 5.54. The molecule has 0 bridgehead atoms. The summed E-state index contributed by atoms with van der Waals surface area (Å²) >= 11 is 0. The lowest BCUT2D eigenvalue weighted by molar-refractivity contribution is -0.133. The highest BCUT2D eigenvalue weighted by atomic mass is 16.5. The number of ether oxygens (including phenoxy) is 1. The molecule has 0 aliphatic heterocycles. The van der Waals surface area contributed by atoms with Crippen molar-refractivity contribution in [3.8, 4) is 0 Å². The molecule has 6 nitrogen and oxygen atoms in total. The van der Waals surface area contributed by atoms with Gasteiger partial charge < -0.3 is 20.1 Å². The highest BCUT2D eigenvalue weighted by molar-refractivity contribution is 5.92. The van der Waals surface area contributed by atoms with Gasteiger partial charge in [-0.15, -0.1) is 0 Å². The lowest BCUT2D eigenvalue weighted by Gasteiger charge is -2.30. The van der Waals surface area contributed by atoms with E-state index in [2.05, 4.69) is 11.9 Å². The summed E-state index contributed by atoms with van der Waals surface area (Å²) in [6.07, 6.45) is 5.21. The maximum absolute atomic E-state index is 11.8. The summed E-state index contributed by atoms with van der Waals surface area (Å²) in [5.41, 5.74) is 3.09. The Morgan fingerprint density at radius 1 is 1.36 bits per heavy atom. The third-order valence-electron chi connectivity index (χ3n) is 4.50. The number of benzene rings is 1. The van der Waals surface area contributed by atoms with Gasteiger partial charge in [0, 0.05) is 24.9 Å². The smallest absolute Gasteiger partial charge is 0.352 e. The second-order valence-electron chi connectivity index (χ2n) is 6.69. The summed E-state index contributed by atoms with van der Waals surface area (Å²) in [6, 6.07) is 9.24. The Kier molecular flexibility index (Phi) is 8.02. The molecule has 0 saturated heterocycles. The van der Waals surface area contributed by atoms with Crippen molar-refractivity contribution in [2.24, 2.45) is 0 Å². The molecule has 1 amide bonds. The summed E-state index contributed by atoms with van der Waals surface area (Å²) in [7, 11) is 1.52. The van der Waals surface area contributed by atoms with E-state index < -0.39 is 12.2 Å². The average molecular weight is 384 g/mol. The van der Waals surface area contributed by atoms with E-state index in [1.807, 2.05) is 37.3 Å². The van der Waals surface area contributed by atoms with Gasteiger partial charge in [0.15, 0.2) is 6.23 Å². The molecule has 0 aromatic heterocycles. The summed E-state index contributed by atoms with van der Waals surface area (Å²) in [5, 5.41) is 12.7. The molecule has 1 aromatic carbocycles. The van der Waals surface area contributed by atoms with Gasteiger partial charge in [0.1, 0.15) is 5.70 Å². The minimum absolute atomic E-state index is 0.0443. The van der Waals surface area contributed by atoms with Crippen LogP contribution >= 0.6 is 0 Å². The molecule has 28 heavy (non-hydrogen) atoms. The molecule has 2 rings (SSSR count). The van der Waals surface area contributed by atoms with Gasteiger partial charge in [0.25, 0.3) is 0 Å². The first-order chi connectivity index (χ1) is 13.5. The Morgan fingerprint density at radius 2 is 2.04 bits per heavy atom. The fourth-order valence-electron chi connectivity index (χ4n) is 2.88. The number of nitrogens with zero attached hydrogens (tertiary/aromatic N) is 1. The van der Waals surface area contributed by atoms with Gasteiger partial charge in [-0.2, -0.15) is 0 Å². The Hall–Kier alpha value is -2.86. The molecule has 1 aliphatic rings. The van der Waals surface area contributed by atoms with Crippen molar-refractivity contribution in [2.75, 3.05) is 13.7 Å². The second-order valence-corrected chi connectivity index (χ2v) is 6.69. The van der Waals surface area contributed by atoms with Crippen LogP contribution in [-0.4, -0.2) is 42.3 Å². The van der Waals surface area contributed by atoms with Gasteiger partial charge in [-0.1, -0.05) is 50.3 Å². The number of rotatable bonds is 12. The van der Waals surface area contributed by atoms with Crippen LogP contribution in [0.4, 0.5) is 0 Å². The number of carbonyl (C=O) groups is 2. The van der Waals surface area contributed by atoms with E-state index in [4.69, 9.17) is 4.74 Å². The summed E-state index contributed by atoms with van der Waals surface area (Å²) in [6.45, 7) is 6.71. The maximum atomic E-state index is 11.8. The van der Waals surface area contributed by atoms with Gasteiger partial charge in [-0.3, -0.25) is 4.79 Å². The first-order valence-electron chi connectivity index (χ1n) is 9.43. The quantitative estimate of drug-likeness (QED) is 0.327. The van der Waals surface area contributed by atoms with Crippen molar-refractivity contribution in [1.29, 1.82) is 0 Å². The zero-order valence-corrected chi connectivity index (χ0v) is 16.5.